The van der Waals surface area contributed by atoms with Crippen LogP contribution >= 0.6 is 0 Å². The quantitative estimate of drug-likeness (QED) is 0.917. The van der Waals surface area contributed by atoms with E-state index in [-0.39, 0.29) is 5.91 Å². The number of amides is 1. The highest BCUT2D eigenvalue weighted by Crippen LogP contribution is 2.25. The number of hydrogen-bond donors (Lipinski definition) is 1. The summed E-state index contributed by atoms with van der Waals surface area (Å²) in [6.07, 6.45) is 0. The smallest absolute Gasteiger partial charge is 0.256 e. The highest BCUT2D eigenvalue weighted by atomic mass is 16.2. The highest BCUT2D eigenvalue weighted by molar-refractivity contribution is 5.99. The third-order valence-electron chi connectivity index (χ3n) is 4.20. The van der Waals surface area contributed by atoms with E-state index in [1.54, 1.807) is 0 Å². The number of nitrogens with zero attached hydrogens (tertiary/aromatic N) is 2. The average Bonchev–Trinajstić information content (AvgIpc) is 2.80. The number of benzene rings is 1. The molecule has 0 saturated carbocycles. The van der Waals surface area contributed by atoms with Gasteiger partial charge < -0.3 is 15.1 Å². The Bertz CT molecular complexity index is 498. The number of anilines is 1. The Labute approximate surface area is 121 Å². The molecule has 0 bridgehead atoms. The molecule has 4 heteroatoms. The summed E-state index contributed by atoms with van der Waals surface area (Å²) in [4.78, 5) is 16.9. The van der Waals surface area contributed by atoms with Gasteiger partial charge >= 0.3 is 0 Å². The summed E-state index contributed by atoms with van der Waals surface area (Å²) in [6.45, 7) is 5.89. The number of rotatable bonds is 3. The summed E-state index contributed by atoms with van der Waals surface area (Å²) in [5.41, 5.74) is 2.84. The van der Waals surface area contributed by atoms with E-state index < -0.39 is 0 Å². The molecule has 1 fully saturated rings. The predicted molar refractivity (Wildman–Crippen MR) is 83.3 cm³/mol. The molecule has 1 aromatic carbocycles. The van der Waals surface area contributed by atoms with Crippen molar-refractivity contribution in [3.8, 4) is 0 Å². The minimum absolute atomic E-state index is 0.130. The molecule has 2 rings (SSSR count). The zero-order valence-electron chi connectivity index (χ0n) is 13.1. The second kappa shape index (κ2) is 5.83. The van der Waals surface area contributed by atoms with E-state index in [1.165, 1.54) is 0 Å². The molecule has 1 amide bonds. The van der Waals surface area contributed by atoms with Gasteiger partial charge in [0.05, 0.1) is 5.56 Å². The van der Waals surface area contributed by atoms with Gasteiger partial charge in [0, 0.05) is 31.9 Å². The molecule has 0 aromatic heterocycles. The Morgan fingerprint density at radius 1 is 1.35 bits per heavy atom. The van der Waals surface area contributed by atoms with Gasteiger partial charge in [0.2, 0.25) is 0 Å². The normalized spacial score (nSPS) is 22.4. The van der Waals surface area contributed by atoms with E-state index in [0.717, 1.165) is 29.9 Å². The molecule has 2 unspecified atom stereocenters. The highest BCUT2D eigenvalue weighted by Gasteiger charge is 2.34. The van der Waals surface area contributed by atoms with Crippen molar-refractivity contribution >= 4 is 11.6 Å². The van der Waals surface area contributed by atoms with Gasteiger partial charge in [-0.2, -0.15) is 0 Å². The number of likely N-dealkylation sites (N-methyl/N-ethyl adjacent to an activating group) is 1. The first-order chi connectivity index (χ1) is 9.43. The summed E-state index contributed by atoms with van der Waals surface area (Å²) in [5, 5.41) is 3.13. The van der Waals surface area contributed by atoms with Crippen LogP contribution in [0, 0.1) is 12.8 Å². The number of carbonyl (C=O) groups excluding carboxylic acids is 1. The monoisotopic (exact) mass is 275 g/mol. The Balaban J connectivity index is 2.21. The van der Waals surface area contributed by atoms with Crippen LogP contribution < -0.4 is 5.32 Å². The molecule has 1 saturated heterocycles. The van der Waals surface area contributed by atoms with Crippen molar-refractivity contribution in [2.24, 2.45) is 5.92 Å². The lowest BCUT2D eigenvalue weighted by Crippen LogP contribution is -2.35. The third-order valence-corrected chi connectivity index (χ3v) is 4.20. The summed E-state index contributed by atoms with van der Waals surface area (Å²) in [7, 11) is 6.03. The lowest BCUT2D eigenvalue weighted by molar-refractivity contribution is 0.0782. The van der Waals surface area contributed by atoms with Crippen LogP contribution in [0.25, 0.3) is 0 Å². The maximum atomic E-state index is 12.7. The maximum absolute atomic E-state index is 12.7. The van der Waals surface area contributed by atoms with E-state index in [1.807, 2.05) is 37.1 Å². The average molecular weight is 275 g/mol. The van der Waals surface area contributed by atoms with Gasteiger partial charge in [-0.3, -0.25) is 4.79 Å². The van der Waals surface area contributed by atoms with Crippen molar-refractivity contribution < 1.29 is 4.79 Å². The lowest BCUT2D eigenvalue weighted by atomic mass is 10.1. The summed E-state index contributed by atoms with van der Waals surface area (Å²) < 4.78 is 0. The summed E-state index contributed by atoms with van der Waals surface area (Å²) >= 11 is 0. The molecule has 2 atom stereocenters. The number of nitrogens with one attached hydrogen (secondary N) is 1. The Kier molecular flexibility index (Phi) is 4.33. The van der Waals surface area contributed by atoms with Crippen LogP contribution in [0.5, 0.6) is 0 Å². The van der Waals surface area contributed by atoms with Crippen LogP contribution in [0.3, 0.4) is 0 Å². The molecule has 110 valence electrons. The number of hydrogen-bond acceptors (Lipinski definition) is 3. The molecule has 1 aliphatic heterocycles. The lowest BCUT2D eigenvalue weighted by Gasteiger charge is -2.22. The molecule has 4 nitrogen and oxygen atoms in total. The molecule has 1 aromatic rings. The summed E-state index contributed by atoms with van der Waals surface area (Å²) in [5.74, 6) is 0.642. The van der Waals surface area contributed by atoms with E-state index in [0.29, 0.717) is 12.0 Å². The van der Waals surface area contributed by atoms with Gasteiger partial charge in [-0.15, -0.1) is 0 Å². The fraction of sp³-hybridized carbons (Fsp3) is 0.562. The molecule has 1 N–H and O–H groups in total. The molecule has 0 radical (unpaired) electrons. The Hall–Kier alpha value is -1.55. The minimum atomic E-state index is 0.130. The van der Waals surface area contributed by atoms with Crippen LogP contribution in [0.4, 0.5) is 5.69 Å². The fourth-order valence-electron chi connectivity index (χ4n) is 3.01. The van der Waals surface area contributed by atoms with Crippen molar-refractivity contribution in [2.75, 3.05) is 39.5 Å². The largest absolute Gasteiger partial charge is 0.387 e. The Morgan fingerprint density at radius 2 is 2.05 bits per heavy atom. The van der Waals surface area contributed by atoms with Crippen molar-refractivity contribution in [1.82, 2.24) is 9.80 Å². The molecule has 0 spiro atoms. The van der Waals surface area contributed by atoms with E-state index >= 15 is 0 Å². The zero-order valence-corrected chi connectivity index (χ0v) is 13.1. The van der Waals surface area contributed by atoms with Crippen molar-refractivity contribution in [2.45, 2.75) is 19.9 Å². The van der Waals surface area contributed by atoms with Crippen LogP contribution in [0.15, 0.2) is 18.2 Å². The SMILES string of the molecule is CNc1cc(C)ccc1C(=O)N1CC(C)C(N(C)C)C1. The molecular formula is C16H25N3O. The molecule has 0 aliphatic carbocycles. The standard InChI is InChI=1S/C16H25N3O/c1-11-6-7-13(14(8-11)17-3)16(20)19-9-12(2)15(10-19)18(4)5/h6-8,12,15,17H,9-10H2,1-5H3. The second-order valence-corrected chi connectivity index (χ2v) is 6.02. The van der Waals surface area contributed by atoms with E-state index in [2.05, 4.69) is 31.2 Å². The first-order valence-electron chi connectivity index (χ1n) is 7.18. The van der Waals surface area contributed by atoms with Crippen molar-refractivity contribution in [3.63, 3.8) is 0 Å². The van der Waals surface area contributed by atoms with Gasteiger partial charge in [-0.05, 0) is 44.6 Å². The van der Waals surface area contributed by atoms with Crippen LogP contribution in [0.2, 0.25) is 0 Å². The maximum Gasteiger partial charge on any atom is 0.256 e. The van der Waals surface area contributed by atoms with E-state index in [4.69, 9.17) is 0 Å². The summed E-state index contributed by atoms with van der Waals surface area (Å²) in [6, 6.07) is 6.40. The predicted octanol–water partition coefficient (Wildman–Crippen LogP) is 2.06. The first kappa shape index (κ1) is 14.9. The molecule has 1 aliphatic rings. The van der Waals surface area contributed by atoms with E-state index in [9.17, 15) is 4.79 Å². The van der Waals surface area contributed by atoms with Crippen LogP contribution in [-0.4, -0.2) is 56.0 Å². The number of likely N-dealkylation sites (tertiary alicyclic amines) is 1. The van der Waals surface area contributed by atoms with Crippen LogP contribution in [-0.2, 0) is 0 Å². The van der Waals surface area contributed by atoms with Gasteiger partial charge in [0.25, 0.3) is 5.91 Å². The van der Waals surface area contributed by atoms with Gasteiger partial charge in [-0.1, -0.05) is 13.0 Å². The molecule has 1 heterocycles. The third kappa shape index (κ3) is 2.80. The first-order valence-corrected chi connectivity index (χ1v) is 7.18. The van der Waals surface area contributed by atoms with Gasteiger partial charge in [-0.25, -0.2) is 0 Å². The van der Waals surface area contributed by atoms with Crippen molar-refractivity contribution in [1.29, 1.82) is 0 Å². The number of aryl methyl sites for hydroxylation is 1. The zero-order chi connectivity index (χ0) is 14.9. The fourth-order valence-corrected chi connectivity index (χ4v) is 3.01. The van der Waals surface area contributed by atoms with Crippen LogP contribution in [0.1, 0.15) is 22.8 Å². The number of carbonyl (C=O) groups is 1. The minimum Gasteiger partial charge on any atom is -0.387 e. The Morgan fingerprint density at radius 3 is 2.60 bits per heavy atom. The van der Waals surface area contributed by atoms with Gasteiger partial charge in [0.15, 0.2) is 0 Å². The molecule has 20 heavy (non-hydrogen) atoms. The molecular weight excluding hydrogens is 250 g/mol. The topological polar surface area (TPSA) is 35.6 Å². The second-order valence-electron chi connectivity index (χ2n) is 6.02. The van der Waals surface area contributed by atoms with Crippen molar-refractivity contribution in [3.05, 3.63) is 29.3 Å². The van der Waals surface area contributed by atoms with Gasteiger partial charge in [0.1, 0.15) is 0 Å².